The molecule has 3 heterocycles. The number of fused-ring (bicyclic) bond motifs is 1. The molecule has 1 aromatic carbocycles. The Morgan fingerprint density at radius 2 is 1.96 bits per heavy atom. The number of benzene rings is 1. The minimum absolute atomic E-state index is 0.0227. The van der Waals surface area contributed by atoms with Crippen molar-refractivity contribution in [3.05, 3.63) is 53.7 Å². The van der Waals surface area contributed by atoms with E-state index in [-0.39, 0.29) is 5.91 Å². The van der Waals surface area contributed by atoms with Crippen molar-refractivity contribution in [3.8, 4) is 0 Å². The van der Waals surface area contributed by atoms with Gasteiger partial charge in [-0.3, -0.25) is 9.69 Å². The molecular formula is C21H26N4O2. The van der Waals surface area contributed by atoms with Crippen molar-refractivity contribution in [1.29, 1.82) is 0 Å². The first-order valence-corrected chi connectivity index (χ1v) is 9.71. The highest BCUT2D eigenvalue weighted by molar-refractivity contribution is 6.06. The SMILES string of the molecule is O=C(c1ccc(NCCN2CCOCC2)nc1)N1CCCc2ccccc21. The Bertz CT molecular complexity index is 772. The molecule has 2 aliphatic heterocycles. The Kier molecular flexibility index (Phi) is 5.65. The maximum absolute atomic E-state index is 12.9. The smallest absolute Gasteiger partial charge is 0.259 e. The van der Waals surface area contributed by atoms with Crippen LogP contribution >= 0.6 is 0 Å². The monoisotopic (exact) mass is 366 g/mol. The van der Waals surface area contributed by atoms with Gasteiger partial charge < -0.3 is 15.0 Å². The van der Waals surface area contributed by atoms with Crippen LogP contribution in [0.15, 0.2) is 42.6 Å². The summed E-state index contributed by atoms with van der Waals surface area (Å²) in [6.07, 6.45) is 3.71. The molecule has 1 aromatic heterocycles. The van der Waals surface area contributed by atoms with Crippen molar-refractivity contribution in [2.75, 3.05) is 56.2 Å². The van der Waals surface area contributed by atoms with Crippen molar-refractivity contribution in [1.82, 2.24) is 9.88 Å². The second kappa shape index (κ2) is 8.50. The third kappa shape index (κ3) is 4.28. The number of carbonyl (C=O) groups is 1. The van der Waals surface area contributed by atoms with Crippen LogP contribution in [0.3, 0.4) is 0 Å². The molecule has 27 heavy (non-hydrogen) atoms. The van der Waals surface area contributed by atoms with Crippen LogP contribution in [0.25, 0.3) is 0 Å². The molecule has 0 aliphatic carbocycles. The Balaban J connectivity index is 1.35. The lowest BCUT2D eigenvalue weighted by atomic mass is 10.0. The third-order valence-corrected chi connectivity index (χ3v) is 5.20. The van der Waals surface area contributed by atoms with Crippen LogP contribution in [-0.2, 0) is 11.2 Å². The van der Waals surface area contributed by atoms with Crippen LogP contribution in [0.5, 0.6) is 0 Å². The Labute approximate surface area is 160 Å². The number of morpholine rings is 1. The van der Waals surface area contributed by atoms with Crippen molar-refractivity contribution in [2.24, 2.45) is 0 Å². The number of hydrogen-bond donors (Lipinski definition) is 1. The molecule has 4 rings (SSSR count). The summed E-state index contributed by atoms with van der Waals surface area (Å²) in [5.74, 6) is 0.827. The van der Waals surface area contributed by atoms with E-state index in [2.05, 4.69) is 21.3 Å². The average molecular weight is 366 g/mol. The maximum atomic E-state index is 12.9. The number of anilines is 2. The normalized spacial score (nSPS) is 17.4. The molecule has 0 bridgehead atoms. The fraction of sp³-hybridized carbons (Fsp3) is 0.429. The summed E-state index contributed by atoms with van der Waals surface area (Å²) < 4.78 is 5.36. The van der Waals surface area contributed by atoms with Gasteiger partial charge in [0.15, 0.2) is 0 Å². The molecule has 1 amide bonds. The van der Waals surface area contributed by atoms with E-state index in [1.807, 2.05) is 35.2 Å². The van der Waals surface area contributed by atoms with Gasteiger partial charge >= 0.3 is 0 Å². The molecule has 1 N–H and O–H groups in total. The van der Waals surface area contributed by atoms with E-state index in [1.54, 1.807) is 6.20 Å². The fourth-order valence-corrected chi connectivity index (χ4v) is 3.69. The zero-order chi connectivity index (χ0) is 18.5. The number of ether oxygens (including phenoxy) is 1. The molecule has 2 aliphatic rings. The first kappa shape index (κ1) is 17.9. The largest absolute Gasteiger partial charge is 0.379 e. The molecular weight excluding hydrogens is 340 g/mol. The molecule has 0 atom stereocenters. The molecule has 0 saturated carbocycles. The Morgan fingerprint density at radius 3 is 2.78 bits per heavy atom. The molecule has 0 unspecified atom stereocenters. The number of pyridine rings is 1. The van der Waals surface area contributed by atoms with Crippen molar-refractivity contribution in [2.45, 2.75) is 12.8 Å². The molecule has 0 radical (unpaired) electrons. The molecule has 1 saturated heterocycles. The molecule has 2 aromatic rings. The van der Waals surface area contributed by atoms with Gasteiger partial charge in [-0.1, -0.05) is 18.2 Å². The quantitative estimate of drug-likeness (QED) is 0.881. The lowest BCUT2D eigenvalue weighted by molar-refractivity contribution is 0.0398. The highest BCUT2D eigenvalue weighted by Gasteiger charge is 2.23. The van der Waals surface area contributed by atoms with E-state index in [0.29, 0.717) is 5.56 Å². The maximum Gasteiger partial charge on any atom is 0.259 e. The Morgan fingerprint density at radius 1 is 1.11 bits per heavy atom. The first-order chi connectivity index (χ1) is 13.3. The van der Waals surface area contributed by atoms with Gasteiger partial charge in [0.1, 0.15) is 5.82 Å². The number of amides is 1. The molecule has 6 nitrogen and oxygen atoms in total. The fourth-order valence-electron chi connectivity index (χ4n) is 3.69. The van der Waals surface area contributed by atoms with Crippen molar-refractivity contribution >= 4 is 17.4 Å². The van der Waals surface area contributed by atoms with Crippen LogP contribution in [0.1, 0.15) is 22.3 Å². The lowest BCUT2D eigenvalue weighted by Crippen LogP contribution is -2.39. The first-order valence-electron chi connectivity index (χ1n) is 9.71. The zero-order valence-corrected chi connectivity index (χ0v) is 15.6. The molecule has 142 valence electrons. The Hall–Kier alpha value is -2.44. The van der Waals surface area contributed by atoms with E-state index in [4.69, 9.17) is 4.74 Å². The molecule has 0 spiro atoms. The van der Waals surface area contributed by atoms with Crippen LogP contribution in [0, 0.1) is 0 Å². The van der Waals surface area contributed by atoms with Crippen molar-refractivity contribution in [3.63, 3.8) is 0 Å². The van der Waals surface area contributed by atoms with E-state index in [1.165, 1.54) is 5.56 Å². The van der Waals surface area contributed by atoms with Crippen molar-refractivity contribution < 1.29 is 9.53 Å². The van der Waals surface area contributed by atoms with Crippen LogP contribution in [0.2, 0.25) is 0 Å². The number of carbonyl (C=O) groups excluding carboxylic acids is 1. The van der Waals surface area contributed by atoms with Crippen LogP contribution in [0.4, 0.5) is 11.5 Å². The minimum atomic E-state index is 0.0227. The standard InChI is InChI=1S/C21H26N4O2/c26-21(25-10-3-5-17-4-1-2-6-19(17)25)18-7-8-20(23-16-18)22-9-11-24-12-14-27-15-13-24/h1-2,4,6-8,16H,3,5,9-15H2,(H,22,23). The summed E-state index contributed by atoms with van der Waals surface area (Å²) in [4.78, 5) is 21.6. The summed E-state index contributed by atoms with van der Waals surface area (Å²) in [7, 11) is 0. The van der Waals surface area contributed by atoms with Crippen LogP contribution < -0.4 is 10.2 Å². The van der Waals surface area contributed by atoms with Gasteiger partial charge in [-0.15, -0.1) is 0 Å². The minimum Gasteiger partial charge on any atom is -0.379 e. The van der Waals surface area contributed by atoms with E-state index < -0.39 is 0 Å². The zero-order valence-electron chi connectivity index (χ0n) is 15.6. The number of rotatable bonds is 5. The third-order valence-electron chi connectivity index (χ3n) is 5.20. The summed E-state index contributed by atoms with van der Waals surface area (Å²) >= 11 is 0. The second-order valence-electron chi connectivity index (χ2n) is 7.00. The van der Waals surface area contributed by atoms with E-state index >= 15 is 0 Å². The number of nitrogens with one attached hydrogen (secondary N) is 1. The highest BCUT2D eigenvalue weighted by Crippen LogP contribution is 2.28. The predicted molar refractivity (Wildman–Crippen MR) is 106 cm³/mol. The predicted octanol–water partition coefficient (Wildman–Crippen LogP) is 2.42. The highest BCUT2D eigenvalue weighted by atomic mass is 16.5. The van der Waals surface area contributed by atoms with Gasteiger partial charge in [-0.2, -0.15) is 0 Å². The topological polar surface area (TPSA) is 57.7 Å². The van der Waals surface area contributed by atoms with Gasteiger partial charge in [0.2, 0.25) is 0 Å². The van der Waals surface area contributed by atoms with Gasteiger partial charge in [0, 0.05) is 44.6 Å². The number of hydrogen-bond acceptors (Lipinski definition) is 5. The number of aromatic nitrogens is 1. The summed E-state index contributed by atoms with van der Waals surface area (Å²) in [6.45, 7) is 6.16. The molecule has 6 heteroatoms. The number of para-hydroxylation sites is 1. The van der Waals surface area contributed by atoms with Crippen LogP contribution in [-0.4, -0.2) is 61.7 Å². The lowest BCUT2D eigenvalue weighted by Gasteiger charge is -2.29. The van der Waals surface area contributed by atoms with Gasteiger partial charge in [0.05, 0.1) is 18.8 Å². The van der Waals surface area contributed by atoms with Gasteiger partial charge in [0.25, 0.3) is 5.91 Å². The van der Waals surface area contributed by atoms with Gasteiger partial charge in [-0.05, 0) is 36.6 Å². The summed E-state index contributed by atoms with van der Waals surface area (Å²) in [5.41, 5.74) is 2.90. The van der Waals surface area contributed by atoms with E-state index in [9.17, 15) is 4.79 Å². The van der Waals surface area contributed by atoms with E-state index in [0.717, 1.165) is 70.3 Å². The second-order valence-corrected chi connectivity index (χ2v) is 7.00. The summed E-state index contributed by atoms with van der Waals surface area (Å²) in [6, 6.07) is 11.9. The number of nitrogens with zero attached hydrogens (tertiary/aromatic N) is 3. The average Bonchev–Trinajstić information content (AvgIpc) is 2.74. The summed E-state index contributed by atoms with van der Waals surface area (Å²) in [5, 5.41) is 3.33. The number of aryl methyl sites for hydroxylation is 1. The van der Waals surface area contributed by atoms with Gasteiger partial charge in [-0.25, -0.2) is 4.98 Å². The molecule has 1 fully saturated rings.